The van der Waals surface area contributed by atoms with Crippen molar-refractivity contribution in [2.75, 3.05) is 26.4 Å². The summed E-state index contributed by atoms with van der Waals surface area (Å²) in [6.07, 6.45) is 9.44. The number of hydrogen-bond acceptors (Lipinski definition) is 4. The van der Waals surface area contributed by atoms with E-state index in [4.69, 9.17) is 14.2 Å². The Hall–Kier alpha value is -1.13. The molecule has 1 atom stereocenters. The molecule has 1 saturated heterocycles. The van der Waals surface area contributed by atoms with Gasteiger partial charge in [-0.25, -0.2) is 0 Å². The second-order valence-corrected chi connectivity index (χ2v) is 5.03. The van der Waals surface area contributed by atoms with Gasteiger partial charge in [0, 0.05) is 6.42 Å². The predicted octanol–water partition coefficient (Wildman–Crippen LogP) is 2.39. The van der Waals surface area contributed by atoms with Crippen molar-refractivity contribution in [1.82, 2.24) is 0 Å². The van der Waals surface area contributed by atoms with Gasteiger partial charge in [-0.2, -0.15) is 0 Å². The Bertz CT molecular complexity index is 364. The topological polar surface area (TPSA) is 44.8 Å². The Morgan fingerprint density at radius 1 is 1.47 bits per heavy atom. The van der Waals surface area contributed by atoms with E-state index in [9.17, 15) is 4.79 Å². The van der Waals surface area contributed by atoms with Crippen molar-refractivity contribution in [3.8, 4) is 0 Å². The zero-order valence-corrected chi connectivity index (χ0v) is 11.5. The summed E-state index contributed by atoms with van der Waals surface area (Å²) in [5.74, 6) is -0.208. The number of esters is 1. The van der Waals surface area contributed by atoms with Crippen LogP contribution < -0.4 is 0 Å². The van der Waals surface area contributed by atoms with Gasteiger partial charge in [0.1, 0.15) is 5.60 Å². The van der Waals surface area contributed by atoms with Crippen LogP contribution >= 0.6 is 0 Å². The molecule has 2 aliphatic rings. The lowest BCUT2D eigenvalue weighted by Crippen LogP contribution is -2.45. The molecule has 0 bridgehead atoms. The van der Waals surface area contributed by atoms with E-state index in [1.807, 2.05) is 6.92 Å². The van der Waals surface area contributed by atoms with Crippen molar-refractivity contribution in [2.45, 2.75) is 38.2 Å². The highest BCUT2D eigenvalue weighted by atomic mass is 16.6. The van der Waals surface area contributed by atoms with E-state index < -0.39 is 5.60 Å². The average molecular weight is 266 g/mol. The first kappa shape index (κ1) is 14.3. The smallest absolute Gasteiger partial charge is 0.308 e. The second kappa shape index (κ2) is 6.87. The number of allylic oxidation sites excluding steroid dienone is 3. The molecular formula is C15H22O4. The highest BCUT2D eigenvalue weighted by molar-refractivity contribution is 5.70. The van der Waals surface area contributed by atoms with E-state index in [0.717, 1.165) is 19.3 Å². The molecule has 0 saturated carbocycles. The summed E-state index contributed by atoms with van der Waals surface area (Å²) >= 11 is 0. The van der Waals surface area contributed by atoms with Gasteiger partial charge in [-0.3, -0.25) is 4.79 Å². The van der Waals surface area contributed by atoms with Gasteiger partial charge in [0.15, 0.2) is 0 Å². The number of ether oxygens (including phenoxy) is 3. The van der Waals surface area contributed by atoms with E-state index in [2.05, 4.69) is 18.2 Å². The minimum Gasteiger partial charge on any atom is -0.466 e. The first-order chi connectivity index (χ1) is 9.24. The van der Waals surface area contributed by atoms with E-state index in [1.54, 1.807) is 0 Å². The average Bonchev–Trinajstić information content (AvgIpc) is 2.40. The lowest BCUT2D eigenvalue weighted by molar-refractivity contribution is -0.177. The molecule has 0 aromatic rings. The third-order valence-electron chi connectivity index (χ3n) is 3.42. The standard InChI is InChI=1S/C15H22O4/c1-2-18-14(16)11-15(12-17-8-9-19-15)10-13-6-4-3-5-7-13/h3-4,6H,2,5,7-12H2,1H3. The van der Waals surface area contributed by atoms with Gasteiger partial charge in [0.2, 0.25) is 0 Å². The summed E-state index contributed by atoms with van der Waals surface area (Å²) in [5.41, 5.74) is 0.777. The predicted molar refractivity (Wildman–Crippen MR) is 71.8 cm³/mol. The van der Waals surface area contributed by atoms with Gasteiger partial charge >= 0.3 is 5.97 Å². The highest BCUT2D eigenvalue weighted by Gasteiger charge is 2.38. The Morgan fingerprint density at radius 3 is 3.00 bits per heavy atom. The summed E-state index contributed by atoms with van der Waals surface area (Å²) in [6, 6.07) is 0. The Kier molecular flexibility index (Phi) is 5.16. The molecule has 1 unspecified atom stereocenters. The number of carbonyl (C=O) groups is 1. The van der Waals surface area contributed by atoms with Crippen LogP contribution in [-0.4, -0.2) is 38.0 Å². The van der Waals surface area contributed by atoms with Crippen LogP contribution in [0.3, 0.4) is 0 Å². The van der Waals surface area contributed by atoms with Crippen LogP contribution in [0.1, 0.15) is 32.6 Å². The third-order valence-corrected chi connectivity index (χ3v) is 3.42. The first-order valence-electron chi connectivity index (χ1n) is 6.96. The van der Waals surface area contributed by atoms with Gasteiger partial charge in [-0.1, -0.05) is 23.8 Å². The van der Waals surface area contributed by atoms with Gasteiger partial charge in [-0.15, -0.1) is 0 Å². The molecule has 1 aliphatic heterocycles. The van der Waals surface area contributed by atoms with Crippen LogP contribution in [0.2, 0.25) is 0 Å². The molecule has 0 aromatic heterocycles. The second-order valence-electron chi connectivity index (χ2n) is 5.03. The van der Waals surface area contributed by atoms with Gasteiger partial charge in [0.05, 0.1) is 32.8 Å². The van der Waals surface area contributed by atoms with E-state index in [1.165, 1.54) is 5.57 Å². The Morgan fingerprint density at radius 2 is 2.37 bits per heavy atom. The van der Waals surface area contributed by atoms with Crippen molar-refractivity contribution in [3.05, 3.63) is 23.8 Å². The molecule has 0 aromatic carbocycles. The summed E-state index contributed by atoms with van der Waals surface area (Å²) < 4.78 is 16.5. The first-order valence-corrected chi connectivity index (χ1v) is 6.96. The van der Waals surface area contributed by atoms with Crippen molar-refractivity contribution in [1.29, 1.82) is 0 Å². The lowest BCUT2D eigenvalue weighted by Gasteiger charge is -2.37. The molecule has 1 aliphatic carbocycles. The maximum atomic E-state index is 11.8. The van der Waals surface area contributed by atoms with Crippen LogP contribution in [0, 0.1) is 0 Å². The minimum absolute atomic E-state index is 0.208. The van der Waals surface area contributed by atoms with Crippen molar-refractivity contribution < 1.29 is 19.0 Å². The molecule has 1 fully saturated rings. The normalized spacial score (nSPS) is 26.9. The van der Waals surface area contributed by atoms with E-state index in [0.29, 0.717) is 26.4 Å². The largest absolute Gasteiger partial charge is 0.466 e. The summed E-state index contributed by atoms with van der Waals surface area (Å²) in [5, 5.41) is 0. The van der Waals surface area contributed by atoms with Gasteiger partial charge < -0.3 is 14.2 Å². The van der Waals surface area contributed by atoms with Crippen molar-refractivity contribution >= 4 is 5.97 Å². The summed E-state index contributed by atoms with van der Waals surface area (Å²) in [7, 11) is 0. The molecule has 0 spiro atoms. The molecule has 2 rings (SSSR count). The fourth-order valence-electron chi connectivity index (χ4n) is 2.57. The molecular weight excluding hydrogens is 244 g/mol. The lowest BCUT2D eigenvalue weighted by atomic mass is 9.87. The van der Waals surface area contributed by atoms with Crippen LogP contribution in [0.25, 0.3) is 0 Å². The fourth-order valence-corrected chi connectivity index (χ4v) is 2.57. The summed E-state index contributed by atoms with van der Waals surface area (Å²) in [4.78, 5) is 11.8. The minimum atomic E-state index is -0.540. The van der Waals surface area contributed by atoms with Gasteiger partial charge in [-0.05, 0) is 19.8 Å². The maximum absolute atomic E-state index is 11.8. The van der Waals surface area contributed by atoms with Gasteiger partial charge in [0.25, 0.3) is 0 Å². The van der Waals surface area contributed by atoms with Crippen LogP contribution in [-0.2, 0) is 19.0 Å². The fraction of sp³-hybridized carbons (Fsp3) is 0.667. The third kappa shape index (κ3) is 4.18. The number of rotatable bonds is 5. The molecule has 106 valence electrons. The quantitative estimate of drug-likeness (QED) is 0.717. The Labute approximate surface area is 114 Å². The highest BCUT2D eigenvalue weighted by Crippen LogP contribution is 2.31. The number of carbonyl (C=O) groups excluding carboxylic acids is 1. The monoisotopic (exact) mass is 266 g/mol. The molecule has 0 N–H and O–H groups in total. The van der Waals surface area contributed by atoms with Crippen LogP contribution in [0.15, 0.2) is 23.8 Å². The van der Waals surface area contributed by atoms with Crippen molar-refractivity contribution in [2.24, 2.45) is 0 Å². The molecule has 0 radical (unpaired) electrons. The number of hydrogen-bond donors (Lipinski definition) is 0. The SMILES string of the molecule is CCOC(=O)CC1(CC2=CC=CCC2)COCCO1. The zero-order valence-electron chi connectivity index (χ0n) is 11.5. The zero-order chi connectivity index (χ0) is 13.6. The molecule has 0 amide bonds. The molecule has 4 nitrogen and oxygen atoms in total. The van der Waals surface area contributed by atoms with E-state index >= 15 is 0 Å². The molecule has 19 heavy (non-hydrogen) atoms. The summed E-state index contributed by atoms with van der Waals surface area (Å²) in [6.45, 7) is 3.83. The molecule has 4 heteroatoms. The van der Waals surface area contributed by atoms with Crippen LogP contribution in [0.5, 0.6) is 0 Å². The van der Waals surface area contributed by atoms with Crippen LogP contribution in [0.4, 0.5) is 0 Å². The van der Waals surface area contributed by atoms with Crippen molar-refractivity contribution in [3.63, 3.8) is 0 Å². The maximum Gasteiger partial charge on any atom is 0.308 e. The van der Waals surface area contributed by atoms with E-state index in [-0.39, 0.29) is 12.4 Å². The Balaban J connectivity index is 2.03. The molecule has 1 heterocycles.